The van der Waals surface area contributed by atoms with Crippen LogP contribution in [0.4, 0.5) is 10.2 Å². The van der Waals surface area contributed by atoms with Gasteiger partial charge in [-0.3, -0.25) is 9.59 Å². The molecule has 1 amide bonds. The first-order valence-electron chi connectivity index (χ1n) is 12.3. The van der Waals surface area contributed by atoms with E-state index in [-0.39, 0.29) is 32.8 Å². The van der Waals surface area contributed by atoms with E-state index in [9.17, 15) is 9.59 Å². The Kier molecular flexibility index (Phi) is 5.03. The fraction of sp³-hybridized carbons (Fsp3) is 0.259. The molecule has 0 bridgehead atoms. The molecule has 0 unspecified atom stereocenters. The van der Waals surface area contributed by atoms with Gasteiger partial charge in [0.2, 0.25) is 0 Å². The van der Waals surface area contributed by atoms with Gasteiger partial charge in [0.05, 0.1) is 28.5 Å². The van der Waals surface area contributed by atoms with Crippen LogP contribution in [-0.2, 0) is 12.8 Å². The normalized spacial score (nSPS) is 18.8. The largest absolute Gasteiger partial charge is 0.384 e. The lowest BCUT2D eigenvalue weighted by Gasteiger charge is -2.27. The summed E-state index contributed by atoms with van der Waals surface area (Å²) in [5.74, 6) is -0.0590. The summed E-state index contributed by atoms with van der Waals surface area (Å²) in [5, 5.41) is 3.36. The van der Waals surface area contributed by atoms with Crippen molar-refractivity contribution in [3.8, 4) is 22.4 Å². The zero-order chi connectivity index (χ0) is 26.3. The Morgan fingerprint density at radius 2 is 1.92 bits per heavy atom. The van der Waals surface area contributed by atoms with Gasteiger partial charge < -0.3 is 20.6 Å². The smallest absolute Gasteiger partial charge is 0.254 e. The number of nitrogen functional groups attached to an aromatic ring is 1. The number of aromatic nitrogens is 4. The summed E-state index contributed by atoms with van der Waals surface area (Å²) < 4.78 is 17.1. The summed E-state index contributed by atoms with van der Waals surface area (Å²) >= 11 is 12.4. The Morgan fingerprint density at radius 3 is 2.68 bits per heavy atom. The van der Waals surface area contributed by atoms with Crippen molar-refractivity contribution < 1.29 is 9.18 Å². The maximum Gasteiger partial charge on any atom is 0.254 e. The van der Waals surface area contributed by atoms with Gasteiger partial charge in [0.1, 0.15) is 22.6 Å². The molecular weight excluding hydrogens is 530 g/mol. The van der Waals surface area contributed by atoms with Crippen LogP contribution >= 0.6 is 23.2 Å². The van der Waals surface area contributed by atoms with Crippen molar-refractivity contribution in [2.24, 2.45) is 0 Å². The number of nitrogens with one attached hydrogen (secondary N) is 2. The molecule has 3 aliphatic rings. The fourth-order valence-corrected chi connectivity index (χ4v) is 6.28. The van der Waals surface area contributed by atoms with Crippen LogP contribution in [0.3, 0.4) is 0 Å². The first kappa shape index (κ1) is 23.4. The number of imidazole rings is 1. The number of anilines is 1. The van der Waals surface area contributed by atoms with E-state index in [0.29, 0.717) is 53.4 Å². The molecule has 2 aliphatic heterocycles. The molecule has 1 aliphatic carbocycles. The van der Waals surface area contributed by atoms with Crippen molar-refractivity contribution in [2.75, 3.05) is 5.73 Å². The Hall–Kier alpha value is -3.69. The lowest BCUT2D eigenvalue weighted by Crippen LogP contribution is -2.41. The summed E-state index contributed by atoms with van der Waals surface area (Å²) in [6.45, 7) is 0. The highest BCUT2D eigenvalue weighted by Crippen LogP contribution is 2.46. The highest BCUT2D eigenvalue weighted by Gasteiger charge is 2.47. The van der Waals surface area contributed by atoms with Crippen molar-refractivity contribution >= 4 is 34.9 Å². The summed E-state index contributed by atoms with van der Waals surface area (Å²) in [6, 6.07) is 7.62. The van der Waals surface area contributed by atoms with Crippen molar-refractivity contribution in [1.29, 1.82) is 0 Å². The lowest BCUT2D eigenvalue weighted by molar-refractivity contribution is 0.0929. The van der Waals surface area contributed by atoms with Crippen molar-refractivity contribution in [3.63, 3.8) is 0 Å². The van der Waals surface area contributed by atoms with Gasteiger partial charge in [-0.05, 0) is 55.9 Å². The molecule has 8 nitrogen and oxygen atoms in total. The molecule has 3 aromatic heterocycles. The standard InChI is InChI=1S/C27H21Cl2FN6O2/c28-15-3-1-12-10-27(7-8-27)35-26(38)22-14(21(12)23(15)30)9-20(37)36-17(22)4-5-18(36)25-32-11-16(33-25)13-2-6-19(31)34-24(13)29/h1-3,6,9,11,18H,4-5,7-8,10H2,(H2,31,34)(H,32,33)(H,35,38)/t18-/m1/s1. The van der Waals surface area contributed by atoms with Gasteiger partial charge >= 0.3 is 0 Å². The van der Waals surface area contributed by atoms with Crippen molar-refractivity contribution in [3.05, 3.63) is 85.5 Å². The van der Waals surface area contributed by atoms with Crippen LogP contribution in [0.15, 0.2) is 41.3 Å². The quantitative estimate of drug-likeness (QED) is 0.313. The van der Waals surface area contributed by atoms with Crippen LogP contribution in [0.5, 0.6) is 0 Å². The minimum Gasteiger partial charge on any atom is -0.384 e. The van der Waals surface area contributed by atoms with Crippen LogP contribution in [-0.4, -0.2) is 31.0 Å². The molecule has 1 fully saturated rings. The molecule has 0 saturated heterocycles. The monoisotopic (exact) mass is 550 g/mol. The number of nitrogens with two attached hydrogens (primary N) is 1. The van der Waals surface area contributed by atoms with Crippen LogP contribution < -0.4 is 16.6 Å². The predicted molar refractivity (Wildman–Crippen MR) is 142 cm³/mol. The average molecular weight is 551 g/mol. The predicted octanol–water partition coefficient (Wildman–Crippen LogP) is 4.68. The van der Waals surface area contributed by atoms with Crippen molar-refractivity contribution in [2.45, 2.75) is 43.7 Å². The number of H-pyrrole nitrogens is 1. The number of halogens is 3. The Morgan fingerprint density at radius 1 is 1.11 bits per heavy atom. The second kappa shape index (κ2) is 8.15. The molecule has 38 heavy (non-hydrogen) atoms. The first-order chi connectivity index (χ1) is 18.2. The summed E-state index contributed by atoms with van der Waals surface area (Å²) in [6.07, 6.45) is 4.72. The minimum atomic E-state index is -0.612. The van der Waals surface area contributed by atoms with Crippen LogP contribution in [0.25, 0.3) is 22.4 Å². The number of hydrogen-bond acceptors (Lipinski definition) is 5. The zero-order valence-corrected chi connectivity index (χ0v) is 21.5. The van der Waals surface area contributed by atoms with Gasteiger partial charge in [-0.15, -0.1) is 0 Å². The summed E-state index contributed by atoms with van der Waals surface area (Å²) in [4.78, 5) is 39.1. The molecule has 1 atom stereocenters. The lowest BCUT2D eigenvalue weighted by atomic mass is 9.88. The van der Waals surface area contributed by atoms with Gasteiger partial charge in [-0.1, -0.05) is 29.3 Å². The second-order valence-corrected chi connectivity index (χ2v) is 11.0. The zero-order valence-electron chi connectivity index (χ0n) is 19.9. The number of aromatic amines is 1. The maximum absolute atomic E-state index is 15.5. The van der Waals surface area contributed by atoms with Crippen LogP contribution in [0.2, 0.25) is 10.2 Å². The van der Waals surface area contributed by atoms with E-state index in [2.05, 4.69) is 20.3 Å². The third kappa shape index (κ3) is 3.49. The maximum atomic E-state index is 15.5. The number of amides is 1. The van der Waals surface area contributed by atoms with E-state index in [0.717, 1.165) is 18.4 Å². The molecule has 1 aromatic carbocycles. The third-order valence-corrected chi connectivity index (χ3v) is 8.41. The summed E-state index contributed by atoms with van der Waals surface area (Å²) in [7, 11) is 0. The number of pyridine rings is 2. The highest BCUT2D eigenvalue weighted by atomic mass is 35.5. The molecular formula is C27H21Cl2FN6O2. The van der Waals surface area contributed by atoms with Crippen molar-refractivity contribution in [1.82, 2.24) is 24.8 Å². The highest BCUT2D eigenvalue weighted by molar-refractivity contribution is 6.32. The Balaban J connectivity index is 1.39. The third-order valence-electron chi connectivity index (χ3n) is 7.83. The fourth-order valence-electron chi connectivity index (χ4n) is 5.86. The van der Waals surface area contributed by atoms with E-state index in [1.165, 1.54) is 12.1 Å². The van der Waals surface area contributed by atoms with Crippen LogP contribution in [0, 0.1) is 5.82 Å². The first-order valence-corrected chi connectivity index (χ1v) is 13.1. The van der Waals surface area contributed by atoms with Crippen LogP contribution in [0.1, 0.15) is 52.7 Å². The molecule has 1 saturated carbocycles. The van der Waals surface area contributed by atoms with E-state index >= 15 is 4.39 Å². The molecule has 4 N–H and O–H groups in total. The number of benzene rings is 1. The van der Waals surface area contributed by atoms with E-state index in [1.54, 1.807) is 29.0 Å². The van der Waals surface area contributed by atoms with Gasteiger partial charge in [-0.25, -0.2) is 14.4 Å². The Bertz CT molecular complexity index is 1740. The van der Waals surface area contributed by atoms with Gasteiger partial charge in [0, 0.05) is 34.0 Å². The van der Waals surface area contributed by atoms with E-state index in [1.807, 2.05) is 0 Å². The number of nitrogens with zero attached hydrogens (tertiary/aromatic N) is 3. The second-order valence-electron chi connectivity index (χ2n) is 10.2. The number of rotatable bonds is 2. The van der Waals surface area contributed by atoms with Gasteiger partial charge in [0.15, 0.2) is 0 Å². The minimum absolute atomic E-state index is 0.0436. The number of carbonyl (C=O) groups excluding carboxylic acids is 1. The molecule has 0 radical (unpaired) electrons. The van der Waals surface area contributed by atoms with Gasteiger partial charge in [-0.2, -0.15) is 0 Å². The topological polar surface area (TPSA) is 119 Å². The number of fused-ring (bicyclic) bond motifs is 5. The average Bonchev–Trinajstić information content (AvgIpc) is 3.24. The number of carbonyl (C=O) groups is 1. The Labute approximate surface area is 226 Å². The molecule has 5 heterocycles. The molecule has 7 rings (SSSR count). The molecule has 4 aromatic rings. The number of hydrogen-bond donors (Lipinski definition) is 3. The summed E-state index contributed by atoms with van der Waals surface area (Å²) in [5.41, 5.74) is 8.35. The molecule has 1 spiro atoms. The van der Waals surface area contributed by atoms with E-state index < -0.39 is 17.4 Å². The van der Waals surface area contributed by atoms with E-state index in [4.69, 9.17) is 28.9 Å². The molecule has 11 heteroatoms. The van der Waals surface area contributed by atoms with Gasteiger partial charge in [0.25, 0.3) is 11.5 Å². The SMILES string of the molecule is Nc1ccc(-c2cnc([C@H]3CCc4c5c(cc(=O)n43)-c3c(ccc(Cl)c3F)CC3(CC3)NC5=O)[nH]2)c(Cl)n1. The molecule has 192 valence electrons.